The minimum Gasteiger partial charge on any atom is -0.337 e. The van der Waals surface area contributed by atoms with Gasteiger partial charge in [-0.2, -0.15) is 5.10 Å². The molecule has 1 amide bonds. The summed E-state index contributed by atoms with van der Waals surface area (Å²) >= 11 is 0. The van der Waals surface area contributed by atoms with Gasteiger partial charge in [-0.3, -0.25) is 9.48 Å². The Kier molecular flexibility index (Phi) is 4.56. The number of carbonyl (C=O) groups excluding carboxylic acids is 1. The van der Waals surface area contributed by atoms with Gasteiger partial charge in [0.05, 0.1) is 0 Å². The van der Waals surface area contributed by atoms with Gasteiger partial charge in [-0.15, -0.1) is 0 Å². The van der Waals surface area contributed by atoms with Crippen LogP contribution in [0.15, 0.2) is 42.6 Å². The fourth-order valence-corrected chi connectivity index (χ4v) is 3.10. The van der Waals surface area contributed by atoms with E-state index in [0.29, 0.717) is 11.6 Å². The van der Waals surface area contributed by atoms with Crippen LogP contribution in [0.3, 0.4) is 0 Å². The highest BCUT2D eigenvalue weighted by Gasteiger charge is 2.24. The molecule has 116 valence electrons. The van der Waals surface area contributed by atoms with Crippen molar-refractivity contribution in [1.29, 1.82) is 0 Å². The number of carbonyl (C=O) groups is 1. The third-order valence-electron chi connectivity index (χ3n) is 4.45. The molecule has 0 atom stereocenters. The van der Waals surface area contributed by atoms with Gasteiger partial charge in [-0.1, -0.05) is 30.3 Å². The molecule has 2 heterocycles. The second-order valence-electron chi connectivity index (χ2n) is 5.98. The lowest BCUT2D eigenvalue weighted by molar-refractivity contribution is 0.0683. The van der Waals surface area contributed by atoms with Crippen molar-refractivity contribution in [3.05, 3.63) is 53.9 Å². The number of aromatic nitrogens is 2. The summed E-state index contributed by atoms with van der Waals surface area (Å²) in [6.45, 7) is 4.51. The molecule has 1 fully saturated rings. The van der Waals surface area contributed by atoms with Crippen molar-refractivity contribution in [2.24, 2.45) is 5.92 Å². The normalized spacial score (nSPS) is 16.0. The fourth-order valence-electron chi connectivity index (χ4n) is 3.10. The standard InChI is InChI=1S/C18H23N3O/c1-2-21-13-10-17(19-21)18(22)20-11-8-16(9-12-20)14-15-6-4-3-5-7-15/h3-7,10,13,16H,2,8-9,11-12,14H2,1H3. The van der Waals surface area contributed by atoms with Gasteiger partial charge in [-0.05, 0) is 43.7 Å². The van der Waals surface area contributed by atoms with Crippen molar-refractivity contribution in [2.45, 2.75) is 32.7 Å². The summed E-state index contributed by atoms with van der Waals surface area (Å²) in [5, 5.41) is 4.32. The smallest absolute Gasteiger partial charge is 0.274 e. The Balaban J connectivity index is 1.54. The Labute approximate surface area is 131 Å². The van der Waals surface area contributed by atoms with E-state index in [0.717, 1.165) is 38.9 Å². The number of amides is 1. The van der Waals surface area contributed by atoms with Crippen LogP contribution in [-0.4, -0.2) is 33.7 Å². The maximum absolute atomic E-state index is 12.4. The third-order valence-corrected chi connectivity index (χ3v) is 4.45. The topological polar surface area (TPSA) is 38.1 Å². The molecule has 0 N–H and O–H groups in total. The maximum Gasteiger partial charge on any atom is 0.274 e. The number of piperidine rings is 1. The van der Waals surface area contributed by atoms with Crippen LogP contribution in [0.5, 0.6) is 0 Å². The van der Waals surface area contributed by atoms with Gasteiger partial charge in [0.15, 0.2) is 0 Å². The quantitative estimate of drug-likeness (QED) is 0.870. The molecule has 4 heteroatoms. The number of hydrogen-bond acceptors (Lipinski definition) is 2. The van der Waals surface area contributed by atoms with Crippen LogP contribution in [-0.2, 0) is 13.0 Å². The maximum atomic E-state index is 12.4. The zero-order valence-electron chi connectivity index (χ0n) is 13.1. The molecule has 1 aliphatic heterocycles. The number of hydrogen-bond donors (Lipinski definition) is 0. The van der Waals surface area contributed by atoms with Gasteiger partial charge in [0.25, 0.3) is 5.91 Å². The summed E-state index contributed by atoms with van der Waals surface area (Å²) in [7, 11) is 0. The monoisotopic (exact) mass is 297 g/mol. The second kappa shape index (κ2) is 6.77. The summed E-state index contributed by atoms with van der Waals surface area (Å²) in [5.41, 5.74) is 1.97. The molecule has 0 spiro atoms. The van der Waals surface area contributed by atoms with Crippen molar-refractivity contribution in [1.82, 2.24) is 14.7 Å². The summed E-state index contributed by atoms with van der Waals surface area (Å²) in [6, 6.07) is 12.4. The molecule has 0 saturated carbocycles. The van der Waals surface area contributed by atoms with E-state index in [9.17, 15) is 4.79 Å². The molecule has 1 aliphatic rings. The van der Waals surface area contributed by atoms with Gasteiger partial charge in [-0.25, -0.2) is 0 Å². The summed E-state index contributed by atoms with van der Waals surface area (Å²) < 4.78 is 1.80. The van der Waals surface area contributed by atoms with E-state index in [-0.39, 0.29) is 5.91 Å². The van der Waals surface area contributed by atoms with Crippen molar-refractivity contribution in [3.8, 4) is 0 Å². The first-order chi connectivity index (χ1) is 10.8. The molecule has 22 heavy (non-hydrogen) atoms. The minimum atomic E-state index is 0.0744. The molecular formula is C18H23N3O. The van der Waals surface area contributed by atoms with E-state index in [1.54, 1.807) is 4.68 Å². The largest absolute Gasteiger partial charge is 0.337 e. The van der Waals surface area contributed by atoms with Gasteiger partial charge in [0.1, 0.15) is 5.69 Å². The molecular weight excluding hydrogens is 274 g/mol. The molecule has 1 saturated heterocycles. The minimum absolute atomic E-state index is 0.0744. The highest BCUT2D eigenvalue weighted by molar-refractivity contribution is 5.92. The number of likely N-dealkylation sites (tertiary alicyclic amines) is 1. The Bertz CT molecular complexity index is 612. The fraction of sp³-hybridized carbons (Fsp3) is 0.444. The Morgan fingerprint density at radius 1 is 1.18 bits per heavy atom. The van der Waals surface area contributed by atoms with Gasteiger partial charge in [0.2, 0.25) is 0 Å². The van der Waals surface area contributed by atoms with Crippen molar-refractivity contribution >= 4 is 5.91 Å². The van der Waals surface area contributed by atoms with E-state index < -0.39 is 0 Å². The zero-order chi connectivity index (χ0) is 15.4. The third kappa shape index (κ3) is 3.38. The second-order valence-corrected chi connectivity index (χ2v) is 5.98. The molecule has 1 aromatic heterocycles. The van der Waals surface area contributed by atoms with Gasteiger partial charge < -0.3 is 4.90 Å². The van der Waals surface area contributed by atoms with Crippen LogP contribution in [0.25, 0.3) is 0 Å². The van der Waals surface area contributed by atoms with Crippen LogP contribution >= 0.6 is 0 Å². The molecule has 2 aromatic rings. The predicted octanol–water partition coefficient (Wildman–Crippen LogP) is 3.00. The molecule has 0 aliphatic carbocycles. The Hall–Kier alpha value is -2.10. The highest BCUT2D eigenvalue weighted by Crippen LogP contribution is 2.22. The van der Waals surface area contributed by atoms with Crippen molar-refractivity contribution in [2.75, 3.05) is 13.1 Å². The first-order valence-electron chi connectivity index (χ1n) is 8.13. The van der Waals surface area contributed by atoms with Gasteiger partial charge in [0, 0.05) is 25.8 Å². The van der Waals surface area contributed by atoms with Crippen LogP contribution < -0.4 is 0 Å². The average Bonchev–Trinajstić information content (AvgIpc) is 3.05. The Morgan fingerprint density at radius 3 is 2.55 bits per heavy atom. The summed E-state index contributed by atoms with van der Waals surface area (Å²) in [4.78, 5) is 14.4. The first-order valence-corrected chi connectivity index (χ1v) is 8.13. The molecule has 0 radical (unpaired) electrons. The summed E-state index contributed by atoms with van der Waals surface area (Å²) in [5.74, 6) is 0.755. The van der Waals surface area contributed by atoms with E-state index in [1.165, 1.54) is 5.56 Å². The highest BCUT2D eigenvalue weighted by atomic mass is 16.2. The van der Waals surface area contributed by atoms with Crippen LogP contribution in [0.4, 0.5) is 0 Å². The van der Waals surface area contributed by atoms with Crippen LogP contribution in [0.2, 0.25) is 0 Å². The number of rotatable bonds is 4. The lowest BCUT2D eigenvalue weighted by Crippen LogP contribution is -2.39. The van der Waals surface area contributed by atoms with Gasteiger partial charge >= 0.3 is 0 Å². The van der Waals surface area contributed by atoms with Crippen molar-refractivity contribution < 1.29 is 4.79 Å². The molecule has 4 nitrogen and oxygen atoms in total. The molecule has 3 rings (SSSR count). The number of benzene rings is 1. The van der Waals surface area contributed by atoms with Crippen molar-refractivity contribution in [3.63, 3.8) is 0 Å². The lowest BCUT2D eigenvalue weighted by atomic mass is 9.90. The molecule has 0 unspecified atom stereocenters. The average molecular weight is 297 g/mol. The molecule has 1 aromatic carbocycles. The summed E-state index contributed by atoms with van der Waals surface area (Å²) in [6.07, 6.45) is 5.15. The number of nitrogens with zero attached hydrogens (tertiary/aromatic N) is 3. The van der Waals surface area contributed by atoms with Crippen LogP contribution in [0.1, 0.15) is 35.8 Å². The van der Waals surface area contributed by atoms with E-state index in [2.05, 4.69) is 35.4 Å². The van der Waals surface area contributed by atoms with E-state index in [1.807, 2.05) is 24.1 Å². The van der Waals surface area contributed by atoms with Crippen LogP contribution in [0, 0.1) is 5.92 Å². The predicted molar refractivity (Wildman–Crippen MR) is 86.7 cm³/mol. The lowest BCUT2D eigenvalue weighted by Gasteiger charge is -2.31. The SMILES string of the molecule is CCn1ccc(C(=O)N2CCC(Cc3ccccc3)CC2)n1. The number of aryl methyl sites for hydroxylation is 1. The molecule has 0 bridgehead atoms. The van der Waals surface area contributed by atoms with E-state index >= 15 is 0 Å². The van der Waals surface area contributed by atoms with E-state index in [4.69, 9.17) is 0 Å². The zero-order valence-corrected chi connectivity index (χ0v) is 13.1. The first kappa shape index (κ1) is 14.8. The Morgan fingerprint density at radius 2 is 1.91 bits per heavy atom.